The van der Waals surface area contributed by atoms with Crippen molar-refractivity contribution in [3.05, 3.63) is 16.4 Å². The van der Waals surface area contributed by atoms with E-state index >= 15 is 0 Å². The Kier molecular flexibility index (Phi) is 6.68. The summed E-state index contributed by atoms with van der Waals surface area (Å²) >= 11 is 6.29. The molecule has 0 aliphatic heterocycles. The zero-order chi connectivity index (χ0) is 13.5. The minimum absolute atomic E-state index is 0.114. The van der Waals surface area contributed by atoms with E-state index in [9.17, 15) is 0 Å². The van der Waals surface area contributed by atoms with E-state index < -0.39 is 0 Å². The van der Waals surface area contributed by atoms with Crippen LogP contribution in [0.3, 0.4) is 0 Å². The standard InChI is InChI=1S/C13H24ClN3O/c1-4-11-13(14)12(17(3)16-11)9-10(15)7-6-8-18-5-2/h10H,4-9,15H2,1-3H3. The molecule has 1 aromatic rings. The molecule has 0 aromatic carbocycles. The molecule has 0 bridgehead atoms. The molecular formula is C13H24ClN3O. The van der Waals surface area contributed by atoms with E-state index in [0.29, 0.717) is 0 Å². The van der Waals surface area contributed by atoms with E-state index in [-0.39, 0.29) is 6.04 Å². The number of hydrogen-bond donors (Lipinski definition) is 1. The highest BCUT2D eigenvalue weighted by molar-refractivity contribution is 6.31. The Morgan fingerprint density at radius 3 is 2.72 bits per heavy atom. The van der Waals surface area contributed by atoms with Crippen LogP contribution in [0.2, 0.25) is 5.02 Å². The molecule has 0 amide bonds. The predicted octanol–water partition coefficient (Wildman–Crippen LogP) is 2.32. The average Bonchev–Trinajstić information content (AvgIpc) is 2.62. The fourth-order valence-corrected chi connectivity index (χ4v) is 2.35. The van der Waals surface area contributed by atoms with Crippen molar-refractivity contribution in [2.45, 2.75) is 45.6 Å². The number of nitrogens with two attached hydrogens (primary N) is 1. The number of nitrogens with zero attached hydrogens (tertiary/aromatic N) is 2. The zero-order valence-electron chi connectivity index (χ0n) is 11.6. The maximum absolute atomic E-state index is 6.29. The highest BCUT2D eigenvalue weighted by Crippen LogP contribution is 2.22. The zero-order valence-corrected chi connectivity index (χ0v) is 12.3. The first-order valence-corrected chi connectivity index (χ1v) is 7.01. The van der Waals surface area contributed by atoms with Gasteiger partial charge in [-0.15, -0.1) is 0 Å². The van der Waals surface area contributed by atoms with Gasteiger partial charge in [0.1, 0.15) is 0 Å². The molecule has 0 saturated heterocycles. The Hall–Kier alpha value is -0.580. The van der Waals surface area contributed by atoms with Crippen LogP contribution in [-0.4, -0.2) is 29.0 Å². The Labute approximate surface area is 114 Å². The Morgan fingerprint density at radius 2 is 2.17 bits per heavy atom. The van der Waals surface area contributed by atoms with Gasteiger partial charge in [-0.1, -0.05) is 18.5 Å². The van der Waals surface area contributed by atoms with Crippen molar-refractivity contribution < 1.29 is 4.74 Å². The van der Waals surface area contributed by atoms with Gasteiger partial charge >= 0.3 is 0 Å². The summed E-state index contributed by atoms with van der Waals surface area (Å²) in [5.74, 6) is 0. The second-order valence-electron chi connectivity index (χ2n) is 4.49. The monoisotopic (exact) mass is 273 g/mol. The SMILES string of the molecule is CCOCCCC(N)Cc1c(Cl)c(CC)nn1C. The van der Waals surface area contributed by atoms with Crippen molar-refractivity contribution >= 4 is 11.6 Å². The molecule has 18 heavy (non-hydrogen) atoms. The molecule has 1 atom stereocenters. The highest BCUT2D eigenvalue weighted by atomic mass is 35.5. The van der Waals surface area contributed by atoms with Crippen molar-refractivity contribution in [2.24, 2.45) is 12.8 Å². The largest absolute Gasteiger partial charge is 0.382 e. The van der Waals surface area contributed by atoms with Gasteiger partial charge in [0.05, 0.1) is 16.4 Å². The van der Waals surface area contributed by atoms with E-state index in [0.717, 1.165) is 55.3 Å². The van der Waals surface area contributed by atoms with Crippen LogP contribution in [0.25, 0.3) is 0 Å². The molecule has 0 aliphatic carbocycles. The highest BCUT2D eigenvalue weighted by Gasteiger charge is 2.15. The van der Waals surface area contributed by atoms with Crippen molar-refractivity contribution in [3.8, 4) is 0 Å². The second-order valence-corrected chi connectivity index (χ2v) is 4.87. The van der Waals surface area contributed by atoms with Gasteiger partial charge in [-0.2, -0.15) is 5.10 Å². The number of aryl methyl sites for hydroxylation is 2. The van der Waals surface area contributed by atoms with Gasteiger partial charge in [-0.05, 0) is 26.2 Å². The van der Waals surface area contributed by atoms with Gasteiger partial charge in [-0.3, -0.25) is 4.68 Å². The van der Waals surface area contributed by atoms with Crippen LogP contribution in [0.4, 0.5) is 0 Å². The Balaban J connectivity index is 2.48. The molecular weight excluding hydrogens is 250 g/mol. The molecule has 1 heterocycles. The van der Waals surface area contributed by atoms with Crippen LogP contribution in [0, 0.1) is 0 Å². The Bertz CT molecular complexity index is 365. The lowest BCUT2D eigenvalue weighted by atomic mass is 10.1. The van der Waals surface area contributed by atoms with Crippen molar-refractivity contribution in [2.75, 3.05) is 13.2 Å². The molecule has 1 aromatic heterocycles. The van der Waals surface area contributed by atoms with Crippen LogP contribution in [0.1, 0.15) is 38.1 Å². The molecule has 0 aliphatic rings. The van der Waals surface area contributed by atoms with E-state index in [1.165, 1.54) is 0 Å². The molecule has 0 saturated carbocycles. The van der Waals surface area contributed by atoms with Gasteiger partial charge in [-0.25, -0.2) is 0 Å². The molecule has 0 radical (unpaired) electrons. The fraction of sp³-hybridized carbons (Fsp3) is 0.769. The maximum atomic E-state index is 6.29. The number of aromatic nitrogens is 2. The molecule has 0 fully saturated rings. The first-order chi connectivity index (χ1) is 8.60. The van der Waals surface area contributed by atoms with Crippen LogP contribution in [0.5, 0.6) is 0 Å². The third kappa shape index (κ3) is 4.26. The third-order valence-electron chi connectivity index (χ3n) is 3.03. The van der Waals surface area contributed by atoms with Crippen molar-refractivity contribution in [1.82, 2.24) is 9.78 Å². The average molecular weight is 274 g/mol. The lowest BCUT2D eigenvalue weighted by Gasteiger charge is -2.12. The number of halogens is 1. The molecule has 5 heteroatoms. The maximum Gasteiger partial charge on any atom is 0.0850 e. The van der Waals surface area contributed by atoms with Gasteiger partial charge in [0.2, 0.25) is 0 Å². The van der Waals surface area contributed by atoms with Crippen LogP contribution < -0.4 is 5.73 Å². The summed E-state index contributed by atoms with van der Waals surface area (Å²) in [6.07, 6.45) is 3.56. The third-order valence-corrected chi connectivity index (χ3v) is 3.46. The normalized spacial score (nSPS) is 12.9. The van der Waals surface area contributed by atoms with Gasteiger partial charge in [0.15, 0.2) is 0 Å². The number of rotatable bonds is 8. The second kappa shape index (κ2) is 7.77. The van der Waals surface area contributed by atoms with E-state index in [1.54, 1.807) is 0 Å². The van der Waals surface area contributed by atoms with E-state index in [2.05, 4.69) is 12.0 Å². The molecule has 1 unspecified atom stereocenters. The van der Waals surface area contributed by atoms with Crippen molar-refractivity contribution in [1.29, 1.82) is 0 Å². The molecule has 2 N–H and O–H groups in total. The van der Waals surface area contributed by atoms with E-state index in [1.807, 2.05) is 18.7 Å². The summed E-state index contributed by atoms with van der Waals surface area (Å²) in [5.41, 5.74) is 8.11. The molecule has 0 spiro atoms. The number of hydrogen-bond acceptors (Lipinski definition) is 3. The lowest BCUT2D eigenvalue weighted by Crippen LogP contribution is -2.24. The molecule has 1 rings (SSSR count). The minimum atomic E-state index is 0.114. The van der Waals surface area contributed by atoms with Crippen LogP contribution in [0.15, 0.2) is 0 Å². The van der Waals surface area contributed by atoms with Gasteiger partial charge in [0, 0.05) is 32.7 Å². The summed E-state index contributed by atoms with van der Waals surface area (Å²) in [4.78, 5) is 0. The van der Waals surface area contributed by atoms with E-state index in [4.69, 9.17) is 22.1 Å². The lowest BCUT2D eigenvalue weighted by molar-refractivity contribution is 0.142. The predicted molar refractivity (Wildman–Crippen MR) is 75.0 cm³/mol. The summed E-state index contributed by atoms with van der Waals surface area (Å²) in [7, 11) is 1.92. The summed E-state index contributed by atoms with van der Waals surface area (Å²) in [6, 6.07) is 0.114. The van der Waals surface area contributed by atoms with Crippen molar-refractivity contribution in [3.63, 3.8) is 0 Å². The van der Waals surface area contributed by atoms with Gasteiger partial charge < -0.3 is 10.5 Å². The topological polar surface area (TPSA) is 53.1 Å². The first kappa shape index (κ1) is 15.5. The fourth-order valence-electron chi connectivity index (χ4n) is 1.98. The smallest absolute Gasteiger partial charge is 0.0850 e. The summed E-state index contributed by atoms with van der Waals surface area (Å²) in [6.45, 7) is 5.60. The first-order valence-electron chi connectivity index (χ1n) is 6.63. The Morgan fingerprint density at radius 1 is 1.44 bits per heavy atom. The number of ether oxygens (including phenoxy) is 1. The van der Waals surface area contributed by atoms with Crippen LogP contribution in [-0.2, 0) is 24.6 Å². The summed E-state index contributed by atoms with van der Waals surface area (Å²) in [5, 5.41) is 5.17. The molecule has 4 nitrogen and oxygen atoms in total. The van der Waals surface area contributed by atoms with Crippen LogP contribution >= 0.6 is 11.6 Å². The quantitative estimate of drug-likeness (QED) is 0.740. The molecule has 104 valence electrons. The minimum Gasteiger partial charge on any atom is -0.382 e. The van der Waals surface area contributed by atoms with Gasteiger partial charge in [0.25, 0.3) is 0 Å². The summed E-state index contributed by atoms with van der Waals surface area (Å²) < 4.78 is 7.15.